The molecule has 1 saturated carbocycles. The molecule has 1 N–H and O–H groups in total. The molecule has 0 aliphatic heterocycles. The molecule has 0 spiro atoms. The maximum atomic E-state index is 12.5. The van der Waals surface area contributed by atoms with E-state index in [1.807, 2.05) is 0 Å². The molecule has 0 saturated heterocycles. The van der Waals surface area contributed by atoms with Crippen LogP contribution in [0.5, 0.6) is 0 Å². The third-order valence-corrected chi connectivity index (χ3v) is 7.92. The van der Waals surface area contributed by atoms with Crippen molar-refractivity contribution in [1.82, 2.24) is 9.29 Å². The predicted molar refractivity (Wildman–Crippen MR) is 101 cm³/mol. The van der Waals surface area contributed by atoms with Crippen LogP contribution < -0.4 is 5.32 Å². The number of anilines is 1. The molecule has 8 heteroatoms. The quantitative estimate of drug-likeness (QED) is 0.850. The molecule has 2 aromatic rings. The van der Waals surface area contributed by atoms with Gasteiger partial charge in [-0.3, -0.25) is 10.1 Å². The molecule has 0 radical (unpaired) electrons. The van der Waals surface area contributed by atoms with Gasteiger partial charge in [0.2, 0.25) is 10.0 Å². The molecule has 0 unspecified atom stereocenters. The van der Waals surface area contributed by atoms with E-state index in [1.165, 1.54) is 39.1 Å². The van der Waals surface area contributed by atoms with Crippen molar-refractivity contribution >= 4 is 32.4 Å². The van der Waals surface area contributed by atoms with E-state index in [0.29, 0.717) is 10.7 Å². The molecule has 1 heterocycles. The number of rotatable bonds is 5. The monoisotopic (exact) mass is 391 g/mol. The second-order valence-electron chi connectivity index (χ2n) is 6.83. The van der Waals surface area contributed by atoms with Crippen molar-refractivity contribution in [2.24, 2.45) is 0 Å². The number of benzene rings is 1. The van der Waals surface area contributed by atoms with Crippen LogP contribution in [0.3, 0.4) is 0 Å². The van der Waals surface area contributed by atoms with E-state index in [9.17, 15) is 13.2 Å². The lowest BCUT2D eigenvalue weighted by atomic mass is 10.0. The second kappa shape index (κ2) is 6.75. The number of nitrogens with zero attached hydrogens (tertiary/aromatic N) is 2. The standard InChI is InChI=1S/C18H21N3O3S2/c1-21(13-8-9-13)26(23,24)14-10-6-12(7-11-14)17(22)20-18-19-15-4-2-3-5-16(15)25-18/h6-7,10-11,13H,2-5,8-9H2,1H3,(H,19,20,22). The Kier molecular flexibility index (Phi) is 4.58. The average molecular weight is 392 g/mol. The van der Waals surface area contributed by atoms with Crippen molar-refractivity contribution in [3.63, 3.8) is 0 Å². The Bertz CT molecular complexity index is 908. The van der Waals surface area contributed by atoms with Crippen LogP contribution in [0.4, 0.5) is 5.13 Å². The largest absolute Gasteiger partial charge is 0.298 e. The summed E-state index contributed by atoms with van der Waals surface area (Å²) in [6.07, 6.45) is 6.15. The van der Waals surface area contributed by atoms with Gasteiger partial charge in [0.05, 0.1) is 10.6 Å². The Morgan fingerprint density at radius 1 is 1.19 bits per heavy atom. The molecular weight excluding hydrogens is 370 g/mol. The smallest absolute Gasteiger partial charge is 0.257 e. The van der Waals surface area contributed by atoms with Crippen LogP contribution in [-0.2, 0) is 22.9 Å². The SMILES string of the molecule is CN(C1CC1)S(=O)(=O)c1ccc(C(=O)Nc2nc3c(s2)CCCC3)cc1. The molecule has 4 rings (SSSR count). The fraction of sp³-hybridized carbons (Fsp3) is 0.444. The van der Waals surface area contributed by atoms with E-state index in [0.717, 1.165) is 37.8 Å². The predicted octanol–water partition coefficient (Wildman–Crippen LogP) is 3.06. The van der Waals surface area contributed by atoms with Crippen molar-refractivity contribution in [2.75, 3.05) is 12.4 Å². The van der Waals surface area contributed by atoms with Crippen LogP contribution in [0.2, 0.25) is 0 Å². The number of aryl methyl sites for hydroxylation is 2. The number of hydrogen-bond acceptors (Lipinski definition) is 5. The number of carbonyl (C=O) groups excluding carboxylic acids is 1. The number of fused-ring (bicyclic) bond motifs is 1. The molecule has 0 atom stereocenters. The van der Waals surface area contributed by atoms with Gasteiger partial charge in [-0.1, -0.05) is 0 Å². The molecule has 2 aliphatic carbocycles. The number of nitrogens with one attached hydrogen (secondary N) is 1. The van der Waals surface area contributed by atoms with Gasteiger partial charge < -0.3 is 0 Å². The van der Waals surface area contributed by atoms with Gasteiger partial charge in [-0.25, -0.2) is 13.4 Å². The van der Waals surface area contributed by atoms with Gasteiger partial charge in [-0.15, -0.1) is 11.3 Å². The summed E-state index contributed by atoms with van der Waals surface area (Å²) in [4.78, 5) is 18.4. The summed E-state index contributed by atoms with van der Waals surface area (Å²) < 4.78 is 26.4. The zero-order valence-electron chi connectivity index (χ0n) is 14.6. The van der Waals surface area contributed by atoms with E-state index in [4.69, 9.17) is 0 Å². The number of thiazole rings is 1. The fourth-order valence-corrected chi connectivity index (χ4v) is 5.61. The van der Waals surface area contributed by atoms with Crippen molar-refractivity contribution in [3.05, 3.63) is 40.4 Å². The average Bonchev–Trinajstić information content (AvgIpc) is 3.40. The van der Waals surface area contributed by atoms with Crippen molar-refractivity contribution in [2.45, 2.75) is 49.5 Å². The highest BCUT2D eigenvalue weighted by molar-refractivity contribution is 7.89. The first kappa shape index (κ1) is 17.6. The van der Waals surface area contributed by atoms with Gasteiger partial charge >= 0.3 is 0 Å². The number of amides is 1. The molecule has 6 nitrogen and oxygen atoms in total. The highest BCUT2D eigenvalue weighted by atomic mass is 32.2. The topological polar surface area (TPSA) is 79.4 Å². The van der Waals surface area contributed by atoms with Crippen molar-refractivity contribution < 1.29 is 13.2 Å². The van der Waals surface area contributed by atoms with Crippen LogP contribution >= 0.6 is 11.3 Å². The van der Waals surface area contributed by atoms with E-state index >= 15 is 0 Å². The first-order chi connectivity index (χ1) is 12.4. The van der Waals surface area contributed by atoms with Gasteiger partial charge in [-0.05, 0) is 62.8 Å². The molecule has 26 heavy (non-hydrogen) atoms. The summed E-state index contributed by atoms with van der Waals surface area (Å²) in [6, 6.07) is 6.21. The van der Waals surface area contributed by atoms with Crippen LogP contribution in [-0.4, -0.2) is 36.7 Å². The second-order valence-corrected chi connectivity index (χ2v) is 9.91. The molecule has 1 fully saturated rings. The fourth-order valence-electron chi connectivity index (χ4n) is 3.15. The zero-order valence-corrected chi connectivity index (χ0v) is 16.2. The summed E-state index contributed by atoms with van der Waals surface area (Å²) >= 11 is 1.53. The zero-order chi connectivity index (χ0) is 18.3. The molecule has 1 amide bonds. The molecule has 1 aromatic heterocycles. The number of aromatic nitrogens is 1. The van der Waals surface area contributed by atoms with Crippen LogP contribution in [0.1, 0.15) is 46.6 Å². The minimum absolute atomic E-state index is 0.110. The Morgan fingerprint density at radius 3 is 2.54 bits per heavy atom. The third-order valence-electron chi connectivity index (χ3n) is 4.92. The Morgan fingerprint density at radius 2 is 1.88 bits per heavy atom. The highest BCUT2D eigenvalue weighted by Gasteiger charge is 2.35. The number of sulfonamides is 1. The van der Waals surface area contributed by atoms with Crippen molar-refractivity contribution in [3.8, 4) is 0 Å². The van der Waals surface area contributed by atoms with Crippen molar-refractivity contribution in [1.29, 1.82) is 0 Å². The van der Waals surface area contributed by atoms with E-state index in [1.54, 1.807) is 19.2 Å². The van der Waals surface area contributed by atoms with Gasteiger partial charge in [0, 0.05) is 23.5 Å². The molecule has 1 aromatic carbocycles. The van der Waals surface area contributed by atoms with E-state index in [2.05, 4.69) is 10.3 Å². The van der Waals surface area contributed by atoms with Crippen LogP contribution in [0, 0.1) is 0 Å². The minimum atomic E-state index is -3.49. The van der Waals surface area contributed by atoms with Gasteiger partial charge in [0.25, 0.3) is 5.91 Å². The highest BCUT2D eigenvalue weighted by Crippen LogP contribution is 2.31. The molecule has 0 bridgehead atoms. The van der Waals surface area contributed by atoms with E-state index < -0.39 is 10.0 Å². The van der Waals surface area contributed by atoms with Gasteiger partial charge in [-0.2, -0.15) is 4.31 Å². The summed E-state index contributed by atoms with van der Waals surface area (Å²) in [5.74, 6) is -0.268. The maximum absolute atomic E-state index is 12.5. The van der Waals surface area contributed by atoms with Gasteiger partial charge in [0.15, 0.2) is 5.13 Å². The summed E-state index contributed by atoms with van der Waals surface area (Å²) in [5.41, 5.74) is 1.52. The lowest BCUT2D eigenvalue weighted by Gasteiger charge is -2.16. The minimum Gasteiger partial charge on any atom is -0.298 e. The third kappa shape index (κ3) is 3.41. The Hall–Kier alpha value is -1.77. The van der Waals surface area contributed by atoms with E-state index in [-0.39, 0.29) is 16.8 Å². The summed E-state index contributed by atoms with van der Waals surface area (Å²) in [5, 5.41) is 3.45. The number of hydrogen-bond donors (Lipinski definition) is 1. The first-order valence-corrected chi connectivity index (χ1v) is 11.1. The van der Waals surface area contributed by atoms with Crippen LogP contribution in [0.15, 0.2) is 29.2 Å². The lowest BCUT2D eigenvalue weighted by Crippen LogP contribution is -2.29. The summed E-state index contributed by atoms with van der Waals surface area (Å²) in [7, 11) is -1.88. The number of carbonyl (C=O) groups is 1. The molecular formula is C18H21N3O3S2. The Labute approximate surface area is 157 Å². The normalized spacial score (nSPS) is 17.2. The van der Waals surface area contributed by atoms with Gasteiger partial charge in [0.1, 0.15) is 0 Å². The molecule has 2 aliphatic rings. The molecule has 138 valence electrons. The Balaban J connectivity index is 1.47. The maximum Gasteiger partial charge on any atom is 0.257 e. The summed E-state index contributed by atoms with van der Waals surface area (Å²) in [6.45, 7) is 0. The lowest BCUT2D eigenvalue weighted by molar-refractivity contribution is 0.102. The van der Waals surface area contributed by atoms with Crippen LogP contribution in [0.25, 0.3) is 0 Å². The first-order valence-electron chi connectivity index (χ1n) is 8.83.